The first kappa shape index (κ1) is 12.8. The van der Waals surface area contributed by atoms with Crippen LogP contribution >= 0.6 is 11.3 Å². The zero-order valence-corrected chi connectivity index (χ0v) is 11.9. The molecule has 4 nitrogen and oxygen atoms in total. The Morgan fingerprint density at radius 3 is 3.05 bits per heavy atom. The van der Waals surface area contributed by atoms with Crippen molar-refractivity contribution in [3.05, 3.63) is 40.3 Å². The second-order valence-electron chi connectivity index (χ2n) is 5.25. The summed E-state index contributed by atoms with van der Waals surface area (Å²) in [7, 11) is 1.93. The minimum Gasteiger partial charge on any atom is -0.391 e. The second-order valence-corrected chi connectivity index (χ2v) is 6.03. The zero-order chi connectivity index (χ0) is 13.2. The third kappa shape index (κ3) is 2.88. The third-order valence-corrected chi connectivity index (χ3v) is 4.53. The van der Waals surface area contributed by atoms with E-state index >= 15 is 0 Å². The molecule has 0 unspecified atom stereocenters. The largest absolute Gasteiger partial charge is 0.391 e. The molecule has 0 bridgehead atoms. The minimum atomic E-state index is -0.223. The van der Waals surface area contributed by atoms with Crippen LogP contribution in [0.5, 0.6) is 0 Å². The van der Waals surface area contributed by atoms with Crippen molar-refractivity contribution < 1.29 is 5.11 Å². The number of hydrogen-bond donors (Lipinski definition) is 1. The Labute approximate surface area is 117 Å². The first-order chi connectivity index (χ1) is 9.22. The van der Waals surface area contributed by atoms with Crippen molar-refractivity contribution in [1.29, 1.82) is 0 Å². The molecule has 3 heterocycles. The maximum absolute atomic E-state index is 10.2. The molecular weight excluding hydrogens is 258 g/mol. The third-order valence-electron chi connectivity index (χ3n) is 3.79. The highest BCUT2D eigenvalue weighted by Gasteiger charge is 2.32. The van der Waals surface area contributed by atoms with Gasteiger partial charge in [-0.3, -0.25) is 9.58 Å². The van der Waals surface area contributed by atoms with E-state index in [1.54, 1.807) is 11.3 Å². The van der Waals surface area contributed by atoms with Gasteiger partial charge in [0.25, 0.3) is 0 Å². The van der Waals surface area contributed by atoms with Gasteiger partial charge >= 0.3 is 0 Å². The van der Waals surface area contributed by atoms with Gasteiger partial charge in [-0.2, -0.15) is 16.4 Å². The lowest BCUT2D eigenvalue weighted by atomic mass is 10.0. The predicted octanol–water partition coefficient (Wildman–Crippen LogP) is 1.66. The smallest absolute Gasteiger partial charge is 0.0711 e. The van der Waals surface area contributed by atoms with E-state index in [0.717, 1.165) is 25.9 Å². The Morgan fingerprint density at radius 2 is 2.37 bits per heavy atom. The normalized spacial score (nSPS) is 24.1. The summed E-state index contributed by atoms with van der Waals surface area (Å²) < 4.78 is 1.82. The van der Waals surface area contributed by atoms with E-state index in [1.807, 2.05) is 24.1 Å². The number of rotatable bonds is 4. The van der Waals surface area contributed by atoms with Crippen LogP contribution in [0, 0.1) is 0 Å². The van der Waals surface area contributed by atoms with Crippen LogP contribution in [0.1, 0.15) is 17.5 Å². The number of thiophene rings is 1. The number of aromatic nitrogens is 2. The van der Waals surface area contributed by atoms with Crippen molar-refractivity contribution in [2.45, 2.75) is 31.5 Å². The van der Waals surface area contributed by atoms with Crippen LogP contribution in [0.3, 0.4) is 0 Å². The Kier molecular flexibility index (Phi) is 3.68. The molecule has 2 aromatic heterocycles. The minimum absolute atomic E-state index is 0.212. The maximum atomic E-state index is 10.2. The summed E-state index contributed by atoms with van der Waals surface area (Å²) in [6, 6.07) is 2.38. The molecule has 1 saturated heterocycles. The van der Waals surface area contributed by atoms with Crippen molar-refractivity contribution in [2.75, 3.05) is 6.54 Å². The lowest BCUT2D eigenvalue weighted by Crippen LogP contribution is -2.36. The molecule has 0 amide bonds. The molecule has 19 heavy (non-hydrogen) atoms. The molecule has 0 saturated carbocycles. The molecule has 2 aromatic rings. The fourth-order valence-electron chi connectivity index (χ4n) is 2.80. The highest BCUT2D eigenvalue weighted by Crippen LogP contribution is 2.24. The van der Waals surface area contributed by atoms with Crippen molar-refractivity contribution in [1.82, 2.24) is 14.7 Å². The number of aryl methyl sites for hydroxylation is 1. The van der Waals surface area contributed by atoms with Gasteiger partial charge in [-0.1, -0.05) is 0 Å². The number of aliphatic hydroxyl groups is 1. The topological polar surface area (TPSA) is 41.3 Å². The molecule has 0 spiro atoms. The van der Waals surface area contributed by atoms with E-state index in [-0.39, 0.29) is 12.1 Å². The summed E-state index contributed by atoms with van der Waals surface area (Å²) in [5, 5.41) is 18.7. The van der Waals surface area contributed by atoms with E-state index < -0.39 is 0 Å². The first-order valence-corrected chi connectivity index (χ1v) is 7.57. The van der Waals surface area contributed by atoms with Crippen molar-refractivity contribution in [2.24, 2.45) is 7.05 Å². The number of nitrogens with zero attached hydrogens (tertiary/aromatic N) is 3. The molecule has 0 aliphatic carbocycles. The summed E-state index contributed by atoms with van der Waals surface area (Å²) in [5.41, 5.74) is 2.54. The first-order valence-electron chi connectivity index (χ1n) is 6.63. The summed E-state index contributed by atoms with van der Waals surface area (Å²) >= 11 is 1.73. The molecule has 0 radical (unpaired) electrons. The number of hydrogen-bond acceptors (Lipinski definition) is 4. The van der Waals surface area contributed by atoms with Gasteiger partial charge in [0.2, 0.25) is 0 Å². The van der Waals surface area contributed by atoms with Gasteiger partial charge in [-0.25, -0.2) is 0 Å². The fourth-order valence-corrected chi connectivity index (χ4v) is 3.46. The Hall–Kier alpha value is -1.17. The van der Waals surface area contributed by atoms with Gasteiger partial charge in [0.05, 0.1) is 12.3 Å². The fraction of sp³-hybridized carbons (Fsp3) is 0.500. The molecule has 2 atom stereocenters. The van der Waals surface area contributed by atoms with E-state index in [9.17, 15) is 5.11 Å². The predicted molar refractivity (Wildman–Crippen MR) is 76.1 cm³/mol. The molecule has 1 aliphatic rings. The van der Waals surface area contributed by atoms with Crippen LogP contribution in [0.25, 0.3) is 0 Å². The van der Waals surface area contributed by atoms with Crippen LogP contribution in [0.4, 0.5) is 0 Å². The van der Waals surface area contributed by atoms with Crippen LogP contribution in [0.15, 0.2) is 29.2 Å². The van der Waals surface area contributed by atoms with Crippen LogP contribution in [-0.4, -0.2) is 38.5 Å². The maximum Gasteiger partial charge on any atom is 0.0711 e. The summed E-state index contributed by atoms with van der Waals surface area (Å²) in [4.78, 5) is 2.39. The van der Waals surface area contributed by atoms with Crippen LogP contribution < -0.4 is 0 Å². The van der Waals surface area contributed by atoms with Gasteiger partial charge < -0.3 is 5.11 Å². The Balaban J connectivity index is 1.69. The molecule has 1 N–H and O–H groups in total. The average molecular weight is 277 g/mol. The highest BCUT2D eigenvalue weighted by molar-refractivity contribution is 7.07. The van der Waals surface area contributed by atoms with Crippen LogP contribution in [-0.2, 0) is 20.0 Å². The second kappa shape index (κ2) is 5.45. The molecule has 0 aromatic carbocycles. The number of aliphatic hydroxyl groups excluding tert-OH is 1. The molecule has 1 aliphatic heterocycles. The monoisotopic (exact) mass is 277 g/mol. The molecule has 102 valence electrons. The zero-order valence-electron chi connectivity index (χ0n) is 11.1. The van der Waals surface area contributed by atoms with Gasteiger partial charge in [0.15, 0.2) is 0 Å². The van der Waals surface area contributed by atoms with Crippen LogP contribution in [0.2, 0.25) is 0 Å². The van der Waals surface area contributed by atoms with E-state index in [4.69, 9.17) is 0 Å². The van der Waals surface area contributed by atoms with E-state index in [1.165, 1.54) is 11.1 Å². The van der Waals surface area contributed by atoms with Gasteiger partial charge in [-0.05, 0) is 40.8 Å². The summed E-state index contributed by atoms with van der Waals surface area (Å²) in [6.45, 7) is 1.91. The van der Waals surface area contributed by atoms with Crippen molar-refractivity contribution >= 4 is 11.3 Å². The Morgan fingerprint density at radius 1 is 1.47 bits per heavy atom. The van der Waals surface area contributed by atoms with E-state index in [2.05, 4.69) is 26.8 Å². The summed E-state index contributed by atoms with van der Waals surface area (Å²) in [6.07, 6.45) is 5.45. The van der Waals surface area contributed by atoms with Crippen molar-refractivity contribution in [3.8, 4) is 0 Å². The van der Waals surface area contributed by atoms with Gasteiger partial charge in [0.1, 0.15) is 0 Å². The van der Waals surface area contributed by atoms with Crippen molar-refractivity contribution in [3.63, 3.8) is 0 Å². The SMILES string of the molecule is Cn1cc(C[C@@H]2[C@@H](O)CCN2Cc2ccsc2)cn1. The van der Waals surface area contributed by atoms with Gasteiger partial charge in [0, 0.05) is 32.4 Å². The average Bonchev–Trinajstić information content (AvgIpc) is 3.08. The number of likely N-dealkylation sites (tertiary alicyclic amines) is 1. The molecular formula is C14H19N3OS. The Bertz CT molecular complexity index is 523. The van der Waals surface area contributed by atoms with E-state index in [0.29, 0.717) is 0 Å². The van der Waals surface area contributed by atoms with Gasteiger partial charge in [-0.15, -0.1) is 0 Å². The summed E-state index contributed by atoms with van der Waals surface area (Å²) in [5.74, 6) is 0. The molecule has 3 rings (SSSR count). The molecule has 1 fully saturated rings. The standard InChI is InChI=1S/C14H19N3OS/c1-16-8-12(7-15-16)6-13-14(18)2-4-17(13)9-11-3-5-19-10-11/h3,5,7-8,10,13-14,18H,2,4,6,9H2,1H3/t13-,14+/m1/s1. The molecule has 5 heteroatoms. The lowest BCUT2D eigenvalue weighted by Gasteiger charge is -2.25. The lowest BCUT2D eigenvalue weighted by molar-refractivity contribution is 0.112. The highest BCUT2D eigenvalue weighted by atomic mass is 32.1. The quantitative estimate of drug-likeness (QED) is 0.924.